The molecule has 2 aromatic carbocycles. The number of rotatable bonds is 3. The molecule has 0 fully saturated rings. The average Bonchev–Trinajstić information content (AvgIpc) is 3.14. The van der Waals surface area contributed by atoms with Gasteiger partial charge in [0.15, 0.2) is 0 Å². The Balaban J connectivity index is 1.98. The molecule has 5 heteroatoms. The molecular weight excluding hydrogens is 538 g/mol. The molecule has 162 valence electrons. The van der Waals surface area contributed by atoms with Crippen molar-refractivity contribution < 1.29 is 17.4 Å². The van der Waals surface area contributed by atoms with Crippen LogP contribution in [-0.2, 0) is 17.4 Å². The van der Waals surface area contributed by atoms with E-state index in [1.165, 1.54) is 27.8 Å². The first kappa shape index (κ1) is 23.8. The molecule has 2 aromatic rings. The first-order valence-corrected chi connectivity index (χ1v) is 25.4. The summed E-state index contributed by atoms with van der Waals surface area (Å²) in [5.74, 6) is 0.519. The normalized spacial score (nSPS) is 21.7. The molecule has 0 aromatic heterocycles. The molecule has 0 N–H and O–H groups in total. The topological polar surface area (TPSA) is 0 Å². The van der Waals surface area contributed by atoms with Crippen LogP contribution in [0.2, 0.25) is 24.3 Å². The Bertz CT molecular complexity index is 1270. The van der Waals surface area contributed by atoms with Crippen LogP contribution in [0.4, 0.5) is 0 Å². The van der Waals surface area contributed by atoms with E-state index in [0.29, 0.717) is 24.6 Å². The fourth-order valence-electron chi connectivity index (χ4n) is 6.00. The van der Waals surface area contributed by atoms with Gasteiger partial charge in [0.1, 0.15) is 0 Å². The van der Waals surface area contributed by atoms with Crippen molar-refractivity contribution in [1.82, 2.24) is 0 Å². The molecule has 0 saturated heterocycles. The minimum atomic E-state index is -3.46. The number of fused-ring (bicyclic) bond motifs is 1. The van der Waals surface area contributed by atoms with Crippen LogP contribution in [0.1, 0.15) is 48.0 Å². The molecule has 4 rings (SSSR count). The first-order chi connectivity index (χ1) is 14.3. The van der Waals surface area contributed by atoms with Gasteiger partial charge < -0.3 is 0 Å². The Hall–Kier alpha value is -0.370. The van der Waals surface area contributed by atoms with Gasteiger partial charge in [0.25, 0.3) is 0 Å². The Morgan fingerprint density at radius 1 is 0.903 bits per heavy atom. The van der Waals surface area contributed by atoms with Crippen molar-refractivity contribution in [3.05, 3.63) is 94.2 Å². The standard InChI is InChI=1S/C15H8Cl3.C9H13.2CH3.H2Si.Zr/c16-10-7-13(17)15(14(18)8-10)12-6-5-9-3-1-2-4-11(9)12;1-6-5-7(2)9(4)8(6)3;;;;/h1-8H;6H,1-4H3;2*1H3;1H2;. The van der Waals surface area contributed by atoms with Crippen molar-refractivity contribution >= 4 is 47.3 Å². The third-order valence-electron chi connectivity index (χ3n) is 7.72. The van der Waals surface area contributed by atoms with Crippen LogP contribution in [0.25, 0.3) is 5.57 Å². The van der Waals surface area contributed by atoms with Crippen LogP contribution in [0, 0.1) is 5.92 Å². The second-order valence-electron chi connectivity index (χ2n) is 10.3. The van der Waals surface area contributed by atoms with Crippen LogP contribution in [0.5, 0.6) is 0 Å². The number of allylic oxidation sites excluding steroid dienone is 5. The van der Waals surface area contributed by atoms with Gasteiger partial charge in [-0.1, -0.05) is 0 Å². The second kappa shape index (κ2) is 7.85. The van der Waals surface area contributed by atoms with E-state index in [1.807, 2.05) is 0 Å². The number of hydrogen-bond donors (Lipinski definition) is 0. The zero-order valence-electron chi connectivity index (χ0n) is 19.0. The van der Waals surface area contributed by atoms with Crippen LogP contribution in [-0.4, -0.2) is 6.88 Å². The predicted octanol–water partition coefficient (Wildman–Crippen LogP) is 8.73. The van der Waals surface area contributed by atoms with Crippen molar-refractivity contribution in [3.8, 4) is 0 Å². The zero-order chi connectivity index (χ0) is 22.9. The molecule has 0 saturated carbocycles. The Morgan fingerprint density at radius 3 is 2.03 bits per heavy atom. The van der Waals surface area contributed by atoms with Crippen molar-refractivity contribution in [1.29, 1.82) is 0 Å². The van der Waals surface area contributed by atoms with E-state index in [2.05, 4.69) is 74.2 Å². The van der Waals surface area contributed by atoms with Gasteiger partial charge in [0, 0.05) is 0 Å². The van der Waals surface area contributed by atoms with E-state index >= 15 is 0 Å². The Labute approximate surface area is 203 Å². The van der Waals surface area contributed by atoms with E-state index in [4.69, 9.17) is 34.8 Å². The molecule has 0 amide bonds. The van der Waals surface area contributed by atoms with Crippen LogP contribution in [0.15, 0.2) is 62.5 Å². The van der Waals surface area contributed by atoms with E-state index in [9.17, 15) is 0 Å². The van der Waals surface area contributed by atoms with Gasteiger partial charge in [0.05, 0.1) is 0 Å². The summed E-state index contributed by atoms with van der Waals surface area (Å²) >= 11 is 16.1. The van der Waals surface area contributed by atoms with E-state index < -0.39 is 17.4 Å². The van der Waals surface area contributed by atoms with Gasteiger partial charge in [-0.25, -0.2) is 0 Å². The quantitative estimate of drug-likeness (QED) is 0.326. The average molecular weight is 567 g/mol. The van der Waals surface area contributed by atoms with Gasteiger partial charge in [-0.2, -0.15) is 0 Å². The summed E-state index contributed by atoms with van der Waals surface area (Å²) in [4.78, 5) is 0. The maximum atomic E-state index is 6.68. The molecule has 0 aliphatic heterocycles. The zero-order valence-corrected chi connectivity index (χ0v) is 25.2. The van der Waals surface area contributed by atoms with Gasteiger partial charge in [-0.3, -0.25) is 0 Å². The third-order valence-corrected chi connectivity index (χ3v) is 25.8. The van der Waals surface area contributed by atoms with Crippen LogP contribution < -0.4 is 0 Å². The molecule has 0 heterocycles. The Kier molecular flexibility index (Phi) is 6.02. The molecule has 2 atom stereocenters. The summed E-state index contributed by atoms with van der Waals surface area (Å²) in [5, 5.41) is 1.78. The van der Waals surface area contributed by atoms with Gasteiger partial charge in [-0.15, -0.1) is 0 Å². The fraction of sp³-hybridized carbons (Fsp3) is 0.308. The minimum absolute atomic E-state index is 0.403. The summed E-state index contributed by atoms with van der Waals surface area (Å²) in [6.07, 6.45) is 2.47. The first-order valence-electron chi connectivity index (χ1n) is 10.8. The molecular formula is C26H29Cl3SiZr. The summed E-state index contributed by atoms with van der Waals surface area (Å²) in [7, 11) is 0. The van der Waals surface area contributed by atoms with E-state index in [0.717, 1.165) is 11.1 Å². The maximum absolute atomic E-state index is 6.68. The second-order valence-corrected chi connectivity index (χ2v) is 41.1. The molecule has 2 aliphatic rings. The monoisotopic (exact) mass is 564 g/mol. The van der Waals surface area contributed by atoms with Crippen molar-refractivity contribution in [2.45, 2.75) is 40.6 Å². The summed E-state index contributed by atoms with van der Waals surface area (Å²) in [6.45, 7) is 11.7. The third kappa shape index (κ3) is 3.66. The van der Waals surface area contributed by atoms with Crippen LogP contribution in [0.3, 0.4) is 0 Å². The molecule has 0 radical (unpaired) electrons. The van der Waals surface area contributed by atoms with Gasteiger partial charge >= 0.3 is 205 Å². The summed E-state index contributed by atoms with van der Waals surface area (Å²) in [6, 6.07) is 12.4. The van der Waals surface area contributed by atoms with Gasteiger partial charge in [0.2, 0.25) is 0 Å². The number of benzene rings is 2. The Morgan fingerprint density at radius 2 is 1.48 bits per heavy atom. The molecule has 31 heavy (non-hydrogen) atoms. The van der Waals surface area contributed by atoms with Crippen molar-refractivity contribution in [2.75, 3.05) is 0 Å². The molecule has 2 unspecified atom stereocenters. The van der Waals surface area contributed by atoms with Crippen LogP contribution >= 0.6 is 34.8 Å². The predicted molar refractivity (Wildman–Crippen MR) is 138 cm³/mol. The summed E-state index contributed by atoms with van der Waals surface area (Å²) < 4.78 is 7.38. The molecule has 0 spiro atoms. The molecule has 0 bridgehead atoms. The SMILES string of the molecule is CC1=C(C)C(C)[C]([Zr]([CH3])([CH3])(=[SiH2])[CH]2C=C(c3c(Cl)cc(Cl)cc3Cl)c3ccccc32)=C1C. The summed E-state index contributed by atoms with van der Waals surface area (Å²) in [5.41, 5.74) is 9.25. The van der Waals surface area contributed by atoms with E-state index in [-0.39, 0.29) is 0 Å². The fourth-order valence-corrected chi connectivity index (χ4v) is 25.5. The molecule has 2 aliphatic carbocycles. The van der Waals surface area contributed by atoms with Crippen molar-refractivity contribution in [2.24, 2.45) is 5.92 Å². The molecule has 0 nitrogen and oxygen atoms in total. The van der Waals surface area contributed by atoms with E-state index in [1.54, 1.807) is 15.4 Å². The van der Waals surface area contributed by atoms with Gasteiger partial charge in [-0.05, 0) is 0 Å². The number of hydrogen-bond acceptors (Lipinski definition) is 0. The number of halogens is 3. The van der Waals surface area contributed by atoms with Crippen molar-refractivity contribution in [3.63, 3.8) is 0 Å².